The highest BCUT2D eigenvalue weighted by Gasteiger charge is 2.23. The second-order valence-corrected chi connectivity index (χ2v) is 7.36. The predicted octanol–water partition coefficient (Wildman–Crippen LogP) is 6.27. The lowest BCUT2D eigenvalue weighted by Gasteiger charge is -2.09. The molecule has 0 unspecified atom stereocenters. The number of pyridine rings is 1. The van der Waals surface area contributed by atoms with Crippen LogP contribution >= 0.6 is 0 Å². The number of hydrogen-bond acceptors (Lipinski definition) is 1. The normalized spacial score (nSPS) is 13.0. The lowest BCUT2D eigenvalue weighted by atomic mass is 9.98. The third kappa shape index (κ3) is 2.93. The van der Waals surface area contributed by atoms with Crippen LogP contribution in [0.5, 0.6) is 0 Å². The molecule has 0 aliphatic heterocycles. The lowest BCUT2D eigenvalue weighted by Crippen LogP contribution is -2.32. The summed E-state index contributed by atoms with van der Waals surface area (Å²) in [5.41, 5.74) is 4.05. The Morgan fingerprint density at radius 2 is 1.96 bits per heavy atom. The molecule has 0 fully saturated rings. The van der Waals surface area contributed by atoms with Gasteiger partial charge < -0.3 is 4.42 Å². The van der Waals surface area contributed by atoms with Gasteiger partial charge in [-0.3, -0.25) is 0 Å². The van der Waals surface area contributed by atoms with Crippen molar-refractivity contribution in [3.63, 3.8) is 0 Å². The molecule has 2 aromatic carbocycles. The van der Waals surface area contributed by atoms with Crippen molar-refractivity contribution in [2.45, 2.75) is 27.1 Å². The molecule has 2 aromatic heterocycles. The molecule has 0 aliphatic carbocycles. The van der Waals surface area contributed by atoms with E-state index < -0.39 is 12.2 Å². The van der Waals surface area contributed by atoms with Gasteiger partial charge in [0.05, 0.1) is 17.7 Å². The van der Waals surface area contributed by atoms with Gasteiger partial charge in [-0.1, -0.05) is 38.1 Å². The Morgan fingerprint density at radius 1 is 1.21 bits per heavy atom. The summed E-state index contributed by atoms with van der Waals surface area (Å²) < 4.78 is 39.6. The van der Waals surface area contributed by atoms with Crippen LogP contribution in [0.3, 0.4) is 0 Å². The van der Waals surface area contributed by atoms with Crippen molar-refractivity contribution in [1.29, 1.82) is 0 Å². The van der Waals surface area contributed by atoms with E-state index in [1.807, 2.05) is 25.1 Å². The fourth-order valence-corrected chi connectivity index (χ4v) is 3.61. The first-order valence-corrected chi connectivity index (χ1v) is 9.18. The van der Waals surface area contributed by atoms with Gasteiger partial charge >= 0.3 is 0 Å². The third-order valence-corrected chi connectivity index (χ3v) is 4.89. The first-order chi connectivity index (χ1) is 14.1. The third-order valence-electron chi connectivity index (χ3n) is 4.89. The number of aryl methyl sites for hydroxylation is 2. The minimum Gasteiger partial charge on any atom is -0.456 e. The summed E-state index contributed by atoms with van der Waals surface area (Å²) in [6.07, 6.45) is -0.250. The number of halogens is 1. The van der Waals surface area contributed by atoms with Crippen molar-refractivity contribution in [3.05, 3.63) is 71.0 Å². The zero-order valence-electron chi connectivity index (χ0n) is 18.3. The molecule has 0 saturated carbocycles. The van der Waals surface area contributed by atoms with Crippen LogP contribution in [0.4, 0.5) is 10.1 Å². The number of benzene rings is 2. The van der Waals surface area contributed by atoms with Crippen LogP contribution in [0.25, 0.3) is 38.0 Å². The smallest absolute Gasteiger partial charge is 0.219 e. The summed E-state index contributed by atoms with van der Waals surface area (Å²) >= 11 is 0. The van der Waals surface area contributed by atoms with E-state index in [-0.39, 0.29) is 11.5 Å². The Bertz CT molecular complexity index is 1350. The first-order valence-electron chi connectivity index (χ1n) is 10.2. The zero-order valence-corrected chi connectivity index (χ0v) is 16.3. The van der Waals surface area contributed by atoms with Gasteiger partial charge in [-0.15, -0.1) is 0 Å². The molecular formula is C24H22FN2O+. The van der Waals surface area contributed by atoms with Gasteiger partial charge in [0.15, 0.2) is 11.9 Å². The molecule has 4 rings (SSSR count). The summed E-state index contributed by atoms with van der Waals surface area (Å²) in [4.78, 5) is 3.46. The van der Waals surface area contributed by atoms with Gasteiger partial charge in [0.2, 0.25) is 5.69 Å². The summed E-state index contributed by atoms with van der Waals surface area (Å²) in [5.74, 6) is -0.945. The van der Waals surface area contributed by atoms with Gasteiger partial charge in [-0.05, 0) is 30.8 Å². The van der Waals surface area contributed by atoms with E-state index in [2.05, 4.69) is 4.85 Å². The fourth-order valence-electron chi connectivity index (χ4n) is 3.61. The number of furan rings is 1. The Balaban J connectivity index is 2.01. The summed E-state index contributed by atoms with van der Waals surface area (Å²) in [5, 5.41) is 1.79. The average Bonchev–Trinajstić information content (AvgIpc) is 3.06. The van der Waals surface area contributed by atoms with Crippen molar-refractivity contribution >= 4 is 27.6 Å². The monoisotopic (exact) mass is 375 g/mol. The van der Waals surface area contributed by atoms with Gasteiger partial charge in [-0.25, -0.2) is 13.8 Å². The van der Waals surface area contributed by atoms with E-state index in [1.54, 1.807) is 37.6 Å². The van der Waals surface area contributed by atoms with Crippen molar-refractivity contribution in [3.8, 4) is 11.3 Å². The first kappa shape index (κ1) is 15.8. The van der Waals surface area contributed by atoms with Crippen LogP contribution in [0.1, 0.15) is 27.7 Å². The molecule has 0 amide bonds. The van der Waals surface area contributed by atoms with Crippen LogP contribution in [-0.2, 0) is 13.4 Å². The fraction of sp³-hybridized carbons (Fsp3) is 0.250. The number of nitrogens with zero attached hydrogens (tertiary/aromatic N) is 2. The van der Waals surface area contributed by atoms with Crippen LogP contribution < -0.4 is 4.57 Å². The number of hydrogen-bond donors (Lipinski definition) is 0. The molecule has 140 valence electrons. The van der Waals surface area contributed by atoms with E-state index in [0.29, 0.717) is 22.5 Å². The maximum Gasteiger partial charge on any atom is 0.219 e. The van der Waals surface area contributed by atoms with E-state index in [4.69, 9.17) is 13.7 Å². The summed E-state index contributed by atoms with van der Waals surface area (Å²) in [6, 6.07) is 10.7. The van der Waals surface area contributed by atoms with E-state index in [1.165, 1.54) is 12.3 Å². The van der Waals surface area contributed by atoms with Crippen LogP contribution in [0.2, 0.25) is 0 Å². The van der Waals surface area contributed by atoms with E-state index >= 15 is 4.39 Å². The number of fused-ring (bicyclic) bond motifs is 3. The molecule has 3 nitrogen and oxygen atoms in total. The topological polar surface area (TPSA) is 21.4 Å². The Morgan fingerprint density at radius 3 is 2.68 bits per heavy atom. The maximum absolute atomic E-state index is 15.1. The zero-order chi connectivity index (χ0) is 21.8. The Kier molecular flexibility index (Phi) is 3.82. The molecule has 4 heteroatoms. The van der Waals surface area contributed by atoms with E-state index in [9.17, 15) is 0 Å². The molecule has 0 saturated heterocycles. The molecule has 0 radical (unpaired) electrons. The summed E-state index contributed by atoms with van der Waals surface area (Å²) in [6.45, 7) is 12.6. The SMILES string of the molecule is [2H]C([2H])(c1c[n+](C)c(-c2c(C)ccc3c2oc2cc([N+]#[C-])ccc23)cc1F)C(C)C. The summed E-state index contributed by atoms with van der Waals surface area (Å²) in [7, 11) is 1.78. The molecular weight excluding hydrogens is 351 g/mol. The average molecular weight is 375 g/mol. The molecule has 28 heavy (non-hydrogen) atoms. The molecule has 0 N–H and O–H groups in total. The highest BCUT2D eigenvalue weighted by molar-refractivity contribution is 6.10. The van der Waals surface area contributed by atoms with Crippen molar-refractivity contribution in [2.75, 3.05) is 0 Å². The number of rotatable bonds is 3. The number of aromatic nitrogens is 1. The van der Waals surface area contributed by atoms with Crippen molar-refractivity contribution in [1.82, 2.24) is 0 Å². The minimum atomic E-state index is -1.78. The molecule has 0 spiro atoms. The van der Waals surface area contributed by atoms with Gasteiger partial charge in [0.25, 0.3) is 0 Å². The largest absolute Gasteiger partial charge is 0.456 e. The Labute approximate surface area is 166 Å². The molecule has 2 heterocycles. The van der Waals surface area contributed by atoms with Crippen LogP contribution in [-0.4, -0.2) is 0 Å². The van der Waals surface area contributed by atoms with Crippen molar-refractivity contribution < 1.29 is 16.1 Å². The highest BCUT2D eigenvalue weighted by Crippen LogP contribution is 2.38. The minimum absolute atomic E-state index is 0.0416. The second-order valence-electron chi connectivity index (χ2n) is 7.36. The van der Waals surface area contributed by atoms with Gasteiger partial charge in [-0.2, -0.15) is 0 Å². The predicted molar refractivity (Wildman–Crippen MR) is 110 cm³/mol. The van der Waals surface area contributed by atoms with Gasteiger partial charge in [0.1, 0.15) is 24.0 Å². The molecule has 4 aromatic rings. The highest BCUT2D eigenvalue weighted by atomic mass is 19.1. The lowest BCUT2D eigenvalue weighted by molar-refractivity contribution is -0.661. The van der Waals surface area contributed by atoms with E-state index in [0.717, 1.165) is 21.9 Å². The maximum atomic E-state index is 15.1. The van der Waals surface area contributed by atoms with Crippen LogP contribution in [0.15, 0.2) is 47.0 Å². The molecule has 0 bridgehead atoms. The van der Waals surface area contributed by atoms with Crippen LogP contribution in [0, 0.1) is 25.2 Å². The second kappa shape index (κ2) is 6.76. The Hall–Kier alpha value is -3.19. The molecule has 0 aliphatic rings. The van der Waals surface area contributed by atoms with Gasteiger partial charge in [0, 0.05) is 19.6 Å². The van der Waals surface area contributed by atoms with Crippen molar-refractivity contribution in [2.24, 2.45) is 13.0 Å². The molecule has 0 atom stereocenters. The standard InChI is InChI=1S/C24H22FN2O/c1-14(2)10-16-13-27(5)21(12-20(16)25)23-15(3)6-8-19-18-9-7-17(26-4)11-22(18)28-24(19)23/h6-9,11-14H,10H2,1-3,5H3/q+1/i10D2. The quantitative estimate of drug-likeness (QED) is 0.305.